The zero-order valence-electron chi connectivity index (χ0n) is 15.4. The van der Waals surface area contributed by atoms with E-state index in [0.717, 1.165) is 31.7 Å². The standard InChI is InChI=1S/C20H27NO6/c22-19(23)13-27-16-3-1-14(2-4-16)9-21-10-15-11-26-8-6-20(15,24)17-12-25-7-5-18(17)21/h1-4,15,17-18,24H,5-13H2,(H,22,23)/t15-,17+,18-,20-/m0/s1. The van der Waals surface area contributed by atoms with Gasteiger partial charge in [-0.3, -0.25) is 4.90 Å². The van der Waals surface area contributed by atoms with Gasteiger partial charge in [0.1, 0.15) is 5.75 Å². The number of aliphatic carboxylic acids is 1. The summed E-state index contributed by atoms with van der Waals surface area (Å²) in [5, 5.41) is 20.1. The molecule has 3 aliphatic rings. The summed E-state index contributed by atoms with van der Waals surface area (Å²) in [5.74, 6) is -0.210. The second-order valence-corrected chi connectivity index (χ2v) is 7.81. The summed E-state index contributed by atoms with van der Waals surface area (Å²) in [5.41, 5.74) is 0.457. The lowest BCUT2D eigenvalue weighted by Gasteiger charge is -2.57. The van der Waals surface area contributed by atoms with Gasteiger partial charge in [0.25, 0.3) is 0 Å². The van der Waals surface area contributed by atoms with Crippen molar-refractivity contribution in [1.29, 1.82) is 0 Å². The number of benzene rings is 1. The normalized spacial score (nSPS) is 33.7. The Hall–Kier alpha value is -1.67. The molecule has 1 aromatic rings. The predicted molar refractivity (Wildman–Crippen MR) is 96.6 cm³/mol. The first-order valence-corrected chi connectivity index (χ1v) is 9.62. The molecule has 7 heteroatoms. The summed E-state index contributed by atoms with van der Waals surface area (Å²) in [7, 11) is 0. The van der Waals surface area contributed by atoms with Crippen molar-refractivity contribution in [2.75, 3.05) is 39.6 Å². The Morgan fingerprint density at radius 1 is 1.22 bits per heavy atom. The maximum Gasteiger partial charge on any atom is 0.341 e. The Morgan fingerprint density at radius 3 is 2.78 bits per heavy atom. The van der Waals surface area contributed by atoms with Crippen LogP contribution in [0.15, 0.2) is 24.3 Å². The van der Waals surface area contributed by atoms with Gasteiger partial charge < -0.3 is 24.4 Å². The maximum atomic E-state index is 11.4. The Morgan fingerprint density at radius 2 is 2.00 bits per heavy atom. The number of ether oxygens (including phenoxy) is 3. The first kappa shape index (κ1) is 18.7. The third-order valence-corrected chi connectivity index (χ3v) is 6.23. The fourth-order valence-electron chi connectivity index (χ4n) is 4.82. The van der Waals surface area contributed by atoms with E-state index in [1.807, 2.05) is 24.3 Å². The molecule has 7 nitrogen and oxygen atoms in total. The molecule has 0 bridgehead atoms. The highest BCUT2D eigenvalue weighted by Crippen LogP contribution is 2.44. The van der Waals surface area contributed by atoms with Crippen LogP contribution in [-0.2, 0) is 20.8 Å². The number of piperidine rings is 1. The van der Waals surface area contributed by atoms with Gasteiger partial charge >= 0.3 is 5.97 Å². The minimum absolute atomic E-state index is 0.104. The van der Waals surface area contributed by atoms with Crippen molar-refractivity contribution in [3.8, 4) is 5.75 Å². The lowest BCUT2D eigenvalue weighted by Crippen LogP contribution is -2.67. The van der Waals surface area contributed by atoms with Gasteiger partial charge in [-0.15, -0.1) is 0 Å². The van der Waals surface area contributed by atoms with Crippen molar-refractivity contribution in [1.82, 2.24) is 4.90 Å². The highest BCUT2D eigenvalue weighted by molar-refractivity contribution is 5.68. The van der Waals surface area contributed by atoms with E-state index in [1.165, 1.54) is 0 Å². The molecule has 0 aromatic heterocycles. The second-order valence-electron chi connectivity index (χ2n) is 7.81. The zero-order valence-corrected chi connectivity index (χ0v) is 15.4. The third kappa shape index (κ3) is 3.82. The molecular formula is C20H27NO6. The maximum absolute atomic E-state index is 11.4. The van der Waals surface area contributed by atoms with E-state index in [2.05, 4.69) is 4.90 Å². The lowest BCUT2D eigenvalue weighted by molar-refractivity contribution is -0.221. The van der Waals surface area contributed by atoms with Crippen molar-refractivity contribution in [3.63, 3.8) is 0 Å². The highest BCUT2D eigenvalue weighted by Gasteiger charge is 2.55. The van der Waals surface area contributed by atoms with Gasteiger partial charge in [-0.2, -0.15) is 0 Å². The van der Waals surface area contributed by atoms with Crippen LogP contribution < -0.4 is 4.74 Å². The zero-order chi connectivity index (χ0) is 18.9. The number of hydrogen-bond acceptors (Lipinski definition) is 6. The number of likely N-dealkylation sites (tertiary alicyclic amines) is 1. The molecule has 4 rings (SSSR count). The van der Waals surface area contributed by atoms with Crippen molar-refractivity contribution in [2.24, 2.45) is 11.8 Å². The number of hydrogen-bond donors (Lipinski definition) is 2. The molecule has 148 valence electrons. The van der Waals surface area contributed by atoms with E-state index in [9.17, 15) is 9.90 Å². The van der Waals surface area contributed by atoms with Gasteiger partial charge in [0.2, 0.25) is 0 Å². The molecular weight excluding hydrogens is 350 g/mol. The molecule has 1 aromatic carbocycles. The van der Waals surface area contributed by atoms with Crippen LogP contribution in [0, 0.1) is 11.8 Å². The van der Waals surface area contributed by atoms with Crippen molar-refractivity contribution in [3.05, 3.63) is 29.8 Å². The van der Waals surface area contributed by atoms with Crippen LogP contribution in [0.1, 0.15) is 18.4 Å². The fourth-order valence-corrected chi connectivity index (χ4v) is 4.82. The first-order valence-electron chi connectivity index (χ1n) is 9.62. The van der Waals surface area contributed by atoms with Gasteiger partial charge in [-0.1, -0.05) is 12.1 Å². The average Bonchev–Trinajstić information content (AvgIpc) is 2.68. The predicted octanol–water partition coefficient (Wildman–Crippen LogP) is 1.14. The van der Waals surface area contributed by atoms with Gasteiger partial charge in [0, 0.05) is 50.6 Å². The molecule has 0 unspecified atom stereocenters. The molecule has 3 fully saturated rings. The van der Waals surface area contributed by atoms with Crippen molar-refractivity contribution in [2.45, 2.75) is 31.0 Å². The second kappa shape index (κ2) is 7.75. The van der Waals surface area contributed by atoms with Crippen LogP contribution in [-0.4, -0.2) is 72.3 Å². The minimum Gasteiger partial charge on any atom is -0.482 e. The molecule has 2 N–H and O–H groups in total. The summed E-state index contributed by atoms with van der Waals surface area (Å²) in [6, 6.07) is 7.88. The van der Waals surface area contributed by atoms with Crippen molar-refractivity contribution >= 4 is 5.97 Å². The molecule has 0 amide bonds. The quantitative estimate of drug-likeness (QED) is 0.795. The number of nitrogens with zero attached hydrogens (tertiary/aromatic N) is 1. The number of rotatable bonds is 5. The molecule has 3 saturated heterocycles. The molecule has 0 aliphatic carbocycles. The first-order chi connectivity index (χ1) is 13.1. The van der Waals surface area contributed by atoms with Crippen LogP contribution in [0.2, 0.25) is 0 Å². The van der Waals surface area contributed by atoms with Crippen LogP contribution in [0.3, 0.4) is 0 Å². The topological polar surface area (TPSA) is 88.5 Å². The van der Waals surface area contributed by atoms with Crippen LogP contribution >= 0.6 is 0 Å². The molecule has 0 saturated carbocycles. The van der Waals surface area contributed by atoms with E-state index in [-0.39, 0.29) is 18.4 Å². The smallest absolute Gasteiger partial charge is 0.341 e. The van der Waals surface area contributed by atoms with E-state index >= 15 is 0 Å². The Bertz CT molecular complexity index is 665. The molecule has 0 radical (unpaired) electrons. The van der Waals surface area contributed by atoms with Crippen LogP contribution in [0.4, 0.5) is 0 Å². The monoisotopic (exact) mass is 377 g/mol. The van der Waals surface area contributed by atoms with E-state index in [4.69, 9.17) is 19.3 Å². The Labute approximate surface area is 158 Å². The van der Waals surface area contributed by atoms with Crippen LogP contribution in [0.25, 0.3) is 0 Å². The number of aliphatic hydroxyl groups is 1. The summed E-state index contributed by atoms with van der Waals surface area (Å²) >= 11 is 0. The third-order valence-electron chi connectivity index (χ3n) is 6.23. The van der Waals surface area contributed by atoms with Gasteiger partial charge in [-0.05, 0) is 24.1 Å². The Kier molecular flexibility index (Phi) is 5.36. The van der Waals surface area contributed by atoms with Gasteiger partial charge in [-0.25, -0.2) is 4.79 Å². The number of carbonyl (C=O) groups is 1. The number of carboxylic acid groups (broad SMARTS) is 1. The number of carboxylic acids is 1. The van der Waals surface area contributed by atoms with Crippen LogP contribution in [0.5, 0.6) is 5.75 Å². The SMILES string of the molecule is O=C(O)COc1ccc(CN2C[C@H]3COCC[C@@]3(O)[C@@H]3COCC[C@@H]32)cc1. The van der Waals surface area contributed by atoms with E-state index in [0.29, 0.717) is 38.0 Å². The summed E-state index contributed by atoms with van der Waals surface area (Å²) in [6.07, 6.45) is 1.62. The number of fused-ring (bicyclic) bond motifs is 3. The average molecular weight is 377 g/mol. The minimum atomic E-state index is -0.986. The van der Waals surface area contributed by atoms with E-state index < -0.39 is 11.6 Å². The highest BCUT2D eigenvalue weighted by atomic mass is 16.5. The van der Waals surface area contributed by atoms with Gasteiger partial charge in [0.05, 0.1) is 18.8 Å². The van der Waals surface area contributed by atoms with Crippen molar-refractivity contribution < 1.29 is 29.2 Å². The molecule has 4 atom stereocenters. The summed E-state index contributed by atoms with van der Waals surface area (Å²) in [6.45, 7) is 3.82. The largest absolute Gasteiger partial charge is 0.482 e. The molecule has 3 heterocycles. The lowest BCUT2D eigenvalue weighted by atomic mass is 9.66. The molecule has 0 spiro atoms. The fraction of sp³-hybridized carbons (Fsp3) is 0.650. The van der Waals surface area contributed by atoms with Gasteiger partial charge in [0.15, 0.2) is 6.61 Å². The Balaban J connectivity index is 1.47. The summed E-state index contributed by atoms with van der Waals surface area (Å²) in [4.78, 5) is 13.1. The molecule has 27 heavy (non-hydrogen) atoms. The summed E-state index contributed by atoms with van der Waals surface area (Å²) < 4.78 is 16.6. The molecule has 3 aliphatic heterocycles. The van der Waals surface area contributed by atoms with E-state index in [1.54, 1.807) is 0 Å².